The van der Waals surface area contributed by atoms with E-state index >= 15 is 0 Å². The van der Waals surface area contributed by atoms with Crippen molar-refractivity contribution < 1.29 is 9.59 Å². The van der Waals surface area contributed by atoms with Gasteiger partial charge in [-0.3, -0.25) is 9.59 Å². The normalized spacial score (nSPS) is 17.6. The first-order valence-electron chi connectivity index (χ1n) is 9.74. The van der Waals surface area contributed by atoms with Gasteiger partial charge < -0.3 is 19.6 Å². The first-order chi connectivity index (χ1) is 13.7. The van der Waals surface area contributed by atoms with Crippen LogP contribution in [0.25, 0.3) is 0 Å². The Morgan fingerprint density at radius 1 is 0.786 bits per heavy atom. The summed E-state index contributed by atoms with van der Waals surface area (Å²) in [5, 5.41) is 0. The van der Waals surface area contributed by atoms with Crippen LogP contribution in [0.1, 0.15) is 10.5 Å². The molecule has 0 unspecified atom stereocenters. The molecule has 0 atom stereocenters. The smallest absolute Gasteiger partial charge is 0.272 e. The average molecular weight is 379 g/mol. The third-order valence-electron chi connectivity index (χ3n) is 5.48. The van der Waals surface area contributed by atoms with E-state index in [1.807, 2.05) is 18.2 Å². The van der Waals surface area contributed by atoms with Gasteiger partial charge in [0.05, 0.1) is 11.9 Å². The van der Waals surface area contributed by atoms with Crippen molar-refractivity contribution in [2.75, 3.05) is 62.2 Å². The van der Waals surface area contributed by atoms with Crippen molar-refractivity contribution in [2.24, 2.45) is 0 Å². The predicted octanol–water partition coefficient (Wildman–Crippen LogP) is 1.32. The van der Waals surface area contributed by atoms with Crippen molar-refractivity contribution in [1.82, 2.24) is 14.8 Å². The highest BCUT2D eigenvalue weighted by atomic mass is 16.2. The minimum absolute atomic E-state index is 0.0639. The highest BCUT2D eigenvalue weighted by molar-refractivity contribution is 5.92. The predicted molar refractivity (Wildman–Crippen MR) is 109 cm³/mol. The van der Waals surface area contributed by atoms with E-state index in [9.17, 15) is 9.59 Å². The molecule has 2 amide bonds. The fourth-order valence-corrected chi connectivity index (χ4v) is 3.75. The second-order valence-electron chi connectivity index (χ2n) is 7.14. The highest BCUT2D eigenvalue weighted by Crippen LogP contribution is 2.20. The Morgan fingerprint density at radius 3 is 2.00 bits per heavy atom. The van der Waals surface area contributed by atoms with E-state index in [4.69, 9.17) is 0 Å². The molecule has 0 N–H and O–H groups in total. The van der Waals surface area contributed by atoms with Crippen molar-refractivity contribution in [3.8, 4) is 0 Å². The van der Waals surface area contributed by atoms with E-state index in [0.29, 0.717) is 31.9 Å². The van der Waals surface area contributed by atoms with Crippen LogP contribution in [0.4, 0.5) is 11.4 Å². The lowest BCUT2D eigenvalue weighted by Crippen LogP contribution is -2.48. The Bertz CT molecular complexity index is 795. The molecule has 2 aliphatic heterocycles. The molecule has 2 fully saturated rings. The molecule has 0 spiro atoms. The lowest BCUT2D eigenvalue weighted by Gasteiger charge is -2.37. The molecular weight excluding hydrogens is 354 g/mol. The summed E-state index contributed by atoms with van der Waals surface area (Å²) in [6.45, 7) is 6.06. The summed E-state index contributed by atoms with van der Waals surface area (Å²) in [7, 11) is 0. The molecule has 0 aliphatic carbocycles. The van der Waals surface area contributed by atoms with Crippen LogP contribution >= 0.6 is 0 Å². The van der Waals surface area contributed by atoms with Crippen LogP contribution < -0.4 is 9.80 Å². The zero-order valence-corrected chi connectivity index (χ0v) is 15.9. The number of carbonyl (C=O) groups excluding carboxylic acids is 2. The van der Waals surface area contributed by atoms with Crippen molar-refractivity contribution in [1.29, 1.82) is 0 Å². The van der Waals surface area contributed by atoms with Crippen LogP contribution in [-0.4, -0.2) is 79.5 Å². The van der Waals surface area contributed by atoms with Crippen LogP contribution in [0.3, 0.4) is 0 Å². The van der Waals surface area contributed by atoms with Gasteiger partial charge in [-0.1, -0.05) is 18.2 Å². The number of hydrogen-bond donors (Lipinski definition) is 0. The van der Waals surface area contributed by atoms with Crippen molar-refractivity contribution in [3.05, 3.63) is 54.4 Å². The van der Waals surface area contributed by atoms with Crippen LogP contribution in [-0.2, 0) is 4.79 Å². The molecule has 3 heterocycles. The molecule has 0 saturated carbocycles. The molecule has 28 heavy (non-hydrogen) atoms. The summed E-state index contributed by atoms with van der Waals surface area (Å²) < 4.78 is 0. The monoisotopic (exact) mass is 379 g/mol. The number of hydrogen-bond acceptors (Lipinski definition) is 5. The standard InChI is InChI=1S/C21H25N5O2/c27-17-23-8-10-26(11-9-23)21(28)20-7-6-19(16-22-20)25-14-12-24(13-15-25)18-4-2-1-3-5-18/h1-7,16-17H,8-15H2. The Morgan fingerprint density at radius 2 is 1.43 bits per heavy atom. The van der Waals surface area contributed by atoms with Gasteiger partial charge in [0.2, 0.25) is 6.41 Å². The molecule has 1 aromatic heterocycles. The Kier molecular flexibility index (Phi) is 5.41. The minimum atomic E-state index is -0.0639. The maximum absolute atomic E-state index is 12.6. The number of carbonyl (C=O) groups is 2. The first-order valence-corrected chi connectivity index (χ1v) is 9.74. The maximum atomic E-state index is 12.6. The number of benzene rings is 1. The van der Waals surface area contributed by atoms with Crippen molar-refractivity contribution in [3.63, 3.8) is 0 Å². The summed E-state index contributed by atoms with van der Waals surface area (Å²) in [5.74, 6) is -0.0639. The maximum Gasteiger partial charge on any atom is 0.272 e. The lowest BCUT2D eigenvalue weighted by atomic mass is 10.2. The molecule has 4 rings (SSSR count). The number of nitrogens with zero attached hydrogens (tertiary/aromatic N) is 5. The molecule has 2 aliphatic rings. The number of aromatic nitrogens is 1. The number of anilines is 2. The van der Waals surface area contributed by atoms with Crippen molar-refractivity contribution >= 4 is 23.7 Å². The van der Waals surface area contributed by atoms with Gasteiger partial charge in [0, 0.05) is 58.0 Å². The van der Waals surface area contributed by atoms with E-state index < -0.39 is 0 Å². The van der Waals surface area contributed by atoms with E-state index in [2.05, 4.69) is 39.0 Å². The van der Waals surface area contributed by atoms with Gasteiger partial charge in [-0.15, -0.1) is 0 Å². The van der Waals surface area contributed by atoms with Crippen LogP contribution in [0.5, 0.6) is 0 Å². The van der Waals surface area contributed by atoms with Gasteiger partial charge >= 0.3 is 0 Å². The minimum Gasteiger partial charge on any atom is -0.368 e. The van der Waals surface area contributed by atoms with Gasteiger partial charge in [-0.25, -0.2) is 4.98 Å². The second kappa shape index (κ2) is 8.29. The summed E-state index contributed by atoms with van der Waals surface area (Å²) in [4.78, 5) is 36.0. The molecule has 1 aromatic carbocycles. The van der Waals surface area contributed by atoms with E-state index in [0.717, 1.165) is 38.3 Å². The number of piperazine rings is 2. The summed E-state index contributed by atoms with van der Waals surface area (Å²) in [6, 6.07) is 14.3. The SMILES string of the molecule is O=CN1CCN(C(=O)c2ccc(N3CCN(c4ccccc4)CC3)cn2)CC1. The Hall–Kier alpha value is -3.09. The number of rotatable bonds is 4. The van der Waals surface area contributed by atoms with Gasteiger partial charge in [-0.05, 0) is 24.3 Å². The molecule has 0 radical (unpaired) electrons. The molecule has 7 nitrogen and oxygen atoms in total. The largest absolute Gasteiger partial charge is 0.368 e. The summed E-state index contributed by atoms with van der Waals surface area (Å²) in [5.41, 5.74) is 2.78. The highest BCUT2D eigenvalue weighted by Gasteiger charge is 2.23. The van der Waals surface area contributed by atoms with Gasteiger partial charge in [-0.2, -0.15) is 0 Å². The van der Waals surface area contributed by atoms with Crippen LogP contribution in [0.2, 0.25) is 0 Å². The Balaban J connectivity index is 1.34. The quantitative estimate of drug-likeness (QED) is 0.750. The topological polar surface area (TPSA) is 60.0 Å². The fraction of sp³-hybridized carbons (Fsp3) is 0.381. The van der Waals surface area contributed by atoms with Gasteiger partial charge in [0.15, 0.2) is 0 Å². The summed E-state index contributed by atoms with van der Waals surface area (Å²) >= 11 is 0. The number of para-hydroxylation sites is 1. The van der Waals surface area contributed by atoms with E-state index in [1.165, 1.54) is 5.69 Å². The fourth-order valence-electron chi connectivity index (χ4n) is 3.75. The molecular formula is C21H25N5O2. The van der Waals surface area contributed by atoms with Crippen molar-refractivity contribution in [2.45, 2.75) is 0 Å². The Labute approximate surface area is 165 Å². The van der Waals surface area contributed by atoms with E-state index in [-0.39, 0.29) is 5.91 Å². The third-order valence-corrected chi connectivity index (χ3v) is 5.48. The lowest BCUT2D eigenvalue weighted by molar-refractivity contribution is -0.119. The van der Waals surface area contributed by atoms with Crippen LogP contribution in [0.15, 0.2) is 48.7 Å². The molecule has 0 bridgehead atoms. The summed E-state index contributed by atoms with van der Waals surface area (Å²) in [6.07, 6.45) is 2.64. The molecule has 7 heteroatoms. The zero-order valence-electron chi connectivity index (χ0n) is 15.9. The third kappa shape index (κ3) is 3.93. The first kappa shape index (κ1) is 18.3. The molecule has 2 saturated heterocycles. The molecule has 2 aromatic rings. The number of amides is 2. The molecule has 146 valence electrons. The van der Waals surface area contributed by atoms with E-state index in [1.54, 1.807) is 16.0 Å². The second-order valence-corrected chi connectivity index (χ2v) is 7.14. The zero-order chi connectivity index (χ0) is 19.3. The van der Waals surface area contributed by atoms with Gasteiger partial charge in [0.1, 0.15) is 5.69 Å². The average Bonchev–Trinajstić information content (AvgIpc) is 2.79. The van der Waals surface area contributed by atoms with Gasteiger partial charge in [0.25, 0.3) is 5.91 Å². The number of pyridine rings is 1. The van der Waals surface area contributed by atoms with Crippen LogP contribution in [0, 0.1) is 0 Å².